The number of hydrogen-bond donors (Lipinski definition) is 2. The van der Waals surface area contributed by atoms with Crippen LogP contribution in [0.4, 0.5) is 5.95 Å². The lowest BCUT2D eigenvalue weighted by Crippen LogP contribution is -2.30. The van der Waals surface area contributed by atoms with Gasteiger partial charge in [-0.25, -0.2) is 4.98 Å². The third kappa shape index (κ3) is 1.75. The van der Waals surface area contributed by atoms with Crippen LogP contribution < -0.4 is 17.1 Å². The molecule has 2 rings (SSSR count). The van der Waals surface area contributed by atoms with Crippen LogP contribution in [0.5, 0.6) is 0 Å². The van der Waals surface area contributed by atoms with Crippen molar-refractivity contribution in [2.45, 2.75) is 6.92 Å². The van der Waals surface area contributed by atoms with Crippen LogP contribution in [-0.4, -0.2) is 9.66 Å². The molecular formula is C11H12N4O. The molecule has 5 nitrogen and oxygen atoms in total. The van der Waals surface area contributed by atoms with Crippen molar-refractivity contribution in [1.29, 1.82) is 0 Å². The molecule has 0 aliphatic carbocycles. The maximum absolute atomic E-state index is 11.4. The number of nitrogens with zero attached hydrogens (tertiary/aromatic N) is 2. The van der Waals surface area contributed by atoms with Crippen molar-refractivity contribution >= 4 is 5.95 Å². The molecule has 2 aromatic rings. The van der Waals surface area contributed by atoms with E-state index >= 15 is 0 Å². The number of nitrogens with two attached hydrogens (primary N) is 2. The van der Waals surface area contributed by atoms with E-state index in [1.807, 2.05) is 31.2 Å². The molecule has 0 aliphatic heterocycles. The molecule has 1 aromatic carbocycles. The van der Waals surface area contributed by atoms with Crippen molar-refractivity contribution in [2.24, 2.45) is 0 Å². The third-order valence-electron chi connectivity index (χ3n) is 2.33. The summed E-state index contributed by atoms with van der Waals surface area (Å²) in [6, 6.07) is 9.03. The lowest BCUT2D eigenvalue weighted by Gasteiger charge is -2.05. The molecule has 1 heterocycles. The van der Waals surface area contributed by atoms with Gasteiger partial charge in [0.25, 0.3) is 5.56 Å². The zero-order chi connectivity index (χ0) is 11.7. The molecule has 0 unspecified atom stereocenters. The Morgan fingerprint density at radius 3 is 2.44 bits per heavy atom. The molecule has 0 atom stereocenters. The molecule has 0 spiro atoms. The summed E-state index contributed by atoms with van der Waals surface area (Å²) < 4.78 is 0.817. The Labute approximate surface area is 92.3 Å². The minimum atomic E-state index is -0.372. The molecular weight excluding hydrogens is 204 g/mol. The summed E-state index contributed by atoms with van der Waals surface area (Å²) >= 11 is 0. The van der Waals surface area contributed by atoms with Gasteiger partial charge in [-0.2, -0.15) is 4.68 Å². The lowest BCUT2D eigenvalue weighted by molar-refractivity contribution is 0.913. The fourth-order valence-corrected chi connectivity index (χ4v) is 1.38. The van der Waals surface area contributed by atoms with Gasteiger partial charge in [-0.05, 0) is 6.92 Å². The molecule has 0 amide bonds. The van der Waals surface area contributed by atoms with Crippen LogP contribution in [0.3, 0.4) is 0 Å². The first-order valence-corrected chi connectivity index (χ1v) is 4.79. The molecule has 4 N–H and O–H groups in total. The molecule has 0 fully saturated rings. The van der Waals surface area contributed by atoms with Gasteiger partial charge in [0.2, 0.25) is 5.95 Å². The van der Waals surface area contributed by atoms with E-state index in [1.165, 1.54) is 6.07 Å². The van der Waals surface area contributed by atoms with Gasteiger partial charge < -0.3 is 11.6 Å². The van der Waals surface area contributed by atoms with Gasteiger partial charge in [0, 0.05) is 11.6 Å². The summed E-state index contributed by atoms with van der Waals surface area (Å²) in [6.45, 7) is 1.99. The van der Waals surface area contributed by atoms with E-state index in [0.717, 1.165) is 15.8 Å². The van der Waals surface area contributed by atoms with Gasteiger partial charge >= 0.3 is 0 Å². The highest BCUT2D eigenvalue weighted by atomic mass is 16.1. The highest BCUT2D eigenvalue weighted by Crippen LogP contribution is 2.16. The molecule has 0 radical (unpaired) electrons. The normalized spacial score (nSPS) is 10.3. The summed E-state index contributed by atoms with van der Waals surface area (Å²) in [5.41, 5.74) is 7.66. The third-order valence-corrected chi connectivity index (χ3v) is 2.33. The summed E-state index contributed by atoms with van der Waals surface area (Å²) in [7, 11) is 0. The number of aryl methyl sites for hydroxylation is 1. The van der Waals surface area contributed by atoms with Crippen molar-refractivity contribution < 1.29 is 0 Å². The van der Waals surface area contributed by atoms with E-state index in [1.54, 1.807) is 0 Å². The van der Waals surface area contributed by atoms with Crippen LogP contribution >= 0.6 is 0 Å². The van der Waals surface area contributed by atoms with Crippen LogP contribution in [0.15, 0.2) is 35.1 Å². The zero-order valence-corrected chi connectivity index (χ0v) is 8.84. The second kappa shape index (κ2) is 3.69. The Morgan fingerprint density at radius 1 is 1.25 bits per heavy atom. The van der Waals surface area contributed by atoms with Crippen LogP contribution in [0.1, 0.15) is 5.56 Å². The van der Waals surface area contributed by atoms with E-state index in [9.17, 15) is 4.79 Å². The predicted octanol–water partition coefficient (Wildman–Crippen LogP) is 0.515. The molecule has 82 valence electrons. The summed E-state index contributed by atoms with van der Waals surface area (Å²) in [5.74, 6) is 5.37. The number of benzene rings is 1. The first-order valence-electron chi connectivity index (χ1n) is 4.79. The van der Waals surface area contributed by atoms with Gasteiger partial charge in [-0.15, -0.1) is 0 Å². The Hall–Kier alpha value is -2.30. The monoisotopic (exact) mass is 216 g/mol. The number of rotatable bonds is 1. The molecule has 5 heteroatoms. The number of anilines is 1. The molecule has 16 heavy (non-hydrogen) atoms. The molecule has 0 saturated heterocycles. The first-order chi connectivity index (χ1) is 7.58. The molecule has 0 saturated carbocycles. The maximum atomic E-state index is 11.4. The largest absolute Gasteiger partial charge is 0.368 e. The summed E-state index contributed by atoms with van der Waals surface area (Å²) in [4.78, 5) is 15.5. The SMILES string of the molecule is Cc1ccc(-c2cc(=O)n(N)c(N)n2)cc1. The van der Waals surface area contributed by atoms with Gasteiger partial charge in [0.05, 0.1) is 5.69 Å². The fourth-order valence-electron chi connectivity index (χ4n) is 1.38. The van der Waals surface area contributed by atoms with Crippen LogP contribution in [-0.2, 0) is 0 Å². The fraction of sp³-hybridized carbons (Fsp3) is 0.0909. The molecule has 0 bridgehead atoms. The average Bonchev–Trinajstić information content (AvgIpc) is 2.26. The Balaban J connectivity index is 2.57. The van der Waals surface area contributed by atoms with E-state index < -0.39 is 0 Å². The molecule has 0 aliphatic rings. The van der Waals surface area contributed by atoms with Crippen molar-refractivity contribution in [3.8, 4) is 11.3 Å². The Kier molecular flexibility index (Phi) is 2.36. The van der Waals surface area contributed by atoms with E-state index in [0.29, 0.717) is 5.69 Å². The number of hydrogen-bond acceptors (Lipinski definition) is 4. The highest BCUT2D eigenvalue weighted by Gasteiger charge is 2.04. The van der Waals surface area contributed by atoms with Crippen molar-refractivity contribution in [3.05, 3.63) is 46.2 Å². The zero-order valence-electron chi connectivity index (χ0n) is 8.84. The smallest absolute Gasteiger partial charge is 0.273 e. The highest BCUT2D eigenvalue weighted by molar-refractivity contribution is 5.60. The van der Waals surface area contributed by atoms with Crippen molar-refractivity contribution in [1.82, 2.24) is 9.66 Å². The standard InChI is InChI=1S/C11H12N4O/c1-7-2-4-8(5-3-7)9-6-10(16)15(13)11(12)14-9/h2-6H,13H2,1H3,(H2,12,14). The number of aromatic nitrogens is 2. The van der Waals surface area contributed by atoms with Gasteiger partial charge in [0.1, 0.15) is 0 Å². The van der Waals surface area contributed by atoms with Crippen molar-refractivity contribution in [3.63, 3.8) is 0 Å². The Bertz CT molecular complexity index is 572. The van der Waals surface area contributed by atoms with E-state index in [2.05, 4.69) is 4.98 Å². The quantitative estimate of drug-likeness (QED) is 0.680. The second-order valence-electron chi connectivity index (χ2n) is 3.57. The van der Waals surface area contributed by atoms with Crippen LogP contribution in [0.2, 0.25) is 0 Å². The van der Waals surface area contributed by atoms with Gasteiger partial charge in [-0.1, -0.05) is 29.8 Å². The summed E-state index contributed by atoms with van der Waals surface area (Å²) in [6.07, 6.45) is 0. The molecule has 1 aromatic heterocycles. The number of nitrogen functional groups attached to an aromatic ring is 2. The Morgan fingerprint density at radius 2 is 1.88 bits per heavy atom. The van der Waals surface area contributed by atoms with Gasteiger partial charge in [0.15, 0.2) is 0 Å². The second-order valence-corrected chi connectivity index (χ2v) is 3.57. The van der Waals surface area contributed by atoms with Crippen molar-refractivity contribution in [2.75, 3.05) is 11.6 Å². The topological polar surface area (TPSA) is 86.9 Å². The predicted molar refractivity (Wildman–Crippen MR) is 63.2 cm³/mol. The van der Waals surface area contributed by atoms with E-state index in [4.69, 9.17) is 11.6 Å². The van der Waals surface area contributed by atoms with Gasteiger partial charge in [-0.3, -0.25) is 4.79 Å². The average molecular weight is 216 g/mol. The van der Waals surface area contributed by atoms with Crippen LogP contribution in [0, 0.1) is 6.92 Å². The maximum Gasteiger partial charge on any atom is 0.273 e. The minimum absolute atomic E-state index is 0.00285. The first kappa shape index (κ1) is 10.2. The summed E-state index contributed by atoms with van der Waals surface area (Å²) in [5, 5.41) is 0. The van der Waals surface area contributed by atoms with E-state index in [-0.39, 0.29) is 11.5 Å². The lowest BCUT2D eigenvalue weighted by atomic mass is 10.1. The van der Waals surface area contributed by atoms with Crippen LogP contribution in [0.25, 0.3) is 11.3 Å². The minimum Gasteiger partial charge on any atom is -0.368 e.